The highest BCUT2D eigenvalue weighted by Gasteiger charge is 2.28. The lowest BCUT2D eigenvalue weighted by Gasteiger charge is -2.20. The van der Waals surface area contributed by atoms with Crippen LogP contribution in [0.3, 0.4) is 0 Å². The lowest BCUT2D eigenvalue weighted by atomic mass is 10.0. The van der Waals surface area contributed by atoms with Gasteiger partial charge in [0, 0.05) is 26.3 Å². The number of ether oxygens (including phenoxy) is 2. The van der Waals surface area contributed by atoms with E-state index in [-0.39, 0.29) is 12.2 Å². The molecule has 3 nitrogen and oxygen atoms in total. The molecule has 0 unspecified atom stereocenters. The average Bonchev–Trinajstić information content (AvgIpc) is 3.47. The zero-order valence-corrected chi connectivity index (χ0v) is 29.9. The summed E-state index contributed by atoms with van der Waals surface area (Å²) in [5.41, 5.74) is 0. The normalized spacial score (nSPS) is 16.9. The largest absolute Gasteiger partial charge is 0.374 e. The van der Waals surface area contributed by atoms with Gasteiger partial charge in [-0.25, -0.2) is 0 Å². The molecule has 0 radical (unpaired) electrons. The smallest absolute Gasteiger partial charge is 0.0973 e. The number of rotatable bonds is 36. The third kappa shape index (κ3) is 29.1. The Balaban J connectivity index is 1.77. The minimum Gasteiger partial charge on any atom is -0.374 e. The molecule has 1 heterocycles. The van der Waals surface area contributed by atoms with Gasteiger partial charge in [-0.3, -0.25) is 0 Å². The first-order valence-corrected chi connectivity index (χ1v) is 20.3. The molecular weight excluding hydrogens is 526 g/mol. The highest BCUT2D eigenvalue weighted by molar-refractivity contribution is 4.83. The average molecular weight is 608 g/mol. The van der Waals surface area contributed by atoms with Crippen LogP contribution < -0.4 is 5.32 Å². The third-order valence-electron chi connectivity index (χ3n) is 9.77. The first-order valence-electron chi connectivity index (χ1n) is 20.3. The highest BCUT2D eigenvalue weighted by Crippen LogP contribution is 2.16. The monoisotopic (exact) mass is 608 g/mol. The first kappa shape index (κ1) is 40.9. The van der Waals surface area contributed by atoms with E-state index in [2.05, 4.69) is 19.2 Å². The third-order valence-corrected chi connectivity index (χ3v) is 9.77. The summed E-state index contributed by atoms with van der Waals surface area (Å²) < 4.78 is 12.5. The van der Waals surface area contributed by atoms with Crippen LogP contribution in [0.5, 0.6) is 0 Å². The second kappa shape index (κ2) is 34.7. The van der Waals surface area contributed by atoms with Crippen LogP contribution >= 0.6 is 0 Å². The maximum atomic E-state index is 6.23. The van der Waals surface area contributed by atoms with Crippen LogP contribution in [0.1, 0.15) is 219 Å². The minimum absolute atomic E-state index is 0.261. The van der Waals surface area contributed by atoms with Crippen LogP contribution in [0.25, 0.3) is 0 Å². The maximum absolute atomic E-state index is 6.23. The van der Waals surface area contributed by atoms with Gasteiger partial charge in [-0.05, 0) is 12.8 Å². The van der Waals surface area contributed by atoms with Gasteiger partial charge in [0.05, 0.1) is 12.2 Å². The van der Waals surface area contributed by atoms with Crippen LogP contribution in [-0.2, 0) is 9.47 Å². The molecule has 0 aromatic carbocycles. The van der Waals surface area contributed by atoms with Crippen molar-refractivity contribution in [3.8, 4) is 0 Å². The molecule has 1 rings (SSSR count). The summed E-state index contributed by atoms with van der Waals surface area (Å²) in [6, 6.07) is 0. The molecule has 0 aromatic heterocycles. The molecule has 0 spiro atoms. The van der Waals surface area contributed by atoms with Crippen LogP contribution in [0.4, 0.5) is 0 Å². The Morgan fingerprint density at radius 1 is 0.326 bits per heavy atom. The Morgan fingerprint density at radius 3 is 0.767 bits per heavy atom. The van der Waals surface area contributed by atoms with E-state index in [1.165, 1.54) is 205 Å². The van der Waals surface area contributed by atoms with Crippen molar-refractivity contribution in [1.29, 1.82) is 0 Å². The van der Waals surface area contributed by atoms with Crippen molar-refractivity contribution in [2.24, 2.45) is 0 Å². The summed E-state index contributed by atoms with van der Waals surface area (Å²) in [4.78, 5) is 0. The van der Waals surface area contributed by atoms with E-state index in [1.807, 2.05) is 0 Å². The summed E-state index contributed by atoms with van der Waals surface area (Å²) in [7, 11) is 0. The Labute approximate surface area is 272 Å². The van der Waals surface area contributed by atoms with Crippen molar-refractivity contribution in [3.63, 3.8) is 0 Å². The summed E-state index contributed by atoms with van der Waals surface area (Å²) in [5.74, 6) is 0. The molecule has 2 atom stereocenters. The van der Waals surface area contributed by atoms with Gasteiger partial charge < -0.3 is 14.8 Å². The topological polar surface area (TPSA) is 30.5 Å². The maximum Gasteiger partial charge on any atom is 0.0973 e. The quantitative estimate of drug-likeness (QED) is 0.0719. The van der Waals surface area contributed by atoms with Crippen molar-refractivity contribution in [2.75, 3.05) is 26.3 Å². The summed E-state index contributed by atoms with van der Waals surface area (Å²) in [6.07, 6.45) is 45.9. The van der Waals surface area contributed by atoms with Gasteiger partial charge in [0.15, 0.2) is 0 Å². The van der Waals surface area contributed by atoms with Crippen molar-refractivity contribution < 1.29 is 9.47 Å². The second-order valence-corrected chi connectivity index (χ2v) is 14.1. The van der Waals surface area contributed by atoms with E-state index in [0.717, 1.165) is 26.3 Å². The molecule has 1 N–H and O–H groups in total. The number of hydrogen-bond donors (Lipinski definition) is 1. The predicted molar refractivity (Wildman–Crippen MR) is 191 cm³/mol. The lowest BCUT2D eigenvalue weighted by molar-refractivity contribution is -0.0481. The zero-order valence-electron chi connectivity index (χ0n) is 29.9. The standard InChI is InChI=1S/C40H81NO2/c1-3-5-7-9-11-13-15-17-19-21-23-25-27-29-31-33-35-42-39-37-41-38-40(39)43-36-34-32-30-28-26-24-22-20-18-16-14-12-10-8-6-4-2/h39-41H,3-38H2,1-2H3/t39-,40-/m1/s1. The van der Waals surface area contributed by atoms with Crippen molar-refractivity contribution in [3.05, 3.63) is 0 Å². The molecule has 0 bridgehead atoms. The highest BCUT2D eigenvalue weighted by atomic mass is 16.5. The number of nitrogens with one attached hydrogen (secondary N) is 1. The van der Waals surface area contributed by atoms with Crippen molar-refractivity contribution >= 4 is 0 Å². The van der Waals surface area contributed by atoms with Gasteiger partial charge in [0.25, 0.3) is 0 Å². The van der Waals surface area contributed by atoms with E-state index < -0.39 is 0 Å². The lowest BCUT2D eigenvalue weighted by Crippen LogP contribution is -2.30. The van der Waals surface area contributed by atoms with Crippen molar-refractivity contribution in [2.45, 2.75) is 232 Å². The fraction of sp³-hybridized carbons (Fsp3) is 1.00. The number of hydrogen-bond acceptors (Lipinski definition) is 3. The van der Waals surface area contributed by atoms with E-state index in [4.69, 9.17) is 9.47 Å². The molecule has 1 saturated heterocycles. The van der Waals surface area contributed by atoms with Gasteiger partial charge in [-0.2, -0.15) is 0 Å². The SMILES string of the molecule is CCCCCCCCCCCCCCCCCCO[C@@H]1CNC[C@H]1OCCCCCCCCCCCCCCCCCC. The second-order valence-electron chi connectivity index (χ2n) is 14.1. The van der Waals surface area contributed by atoms with Crippen molar-refractivity contribution in [1.82, 2.24) is 5.32 Å². The Hall–Kier alpha value is -0.120. The van der Waals surface area contributed by atoms with Gasteiger partial charge >= 0.3 is 0 Å². The van der Waals surface area contributed by atoms with E-state index in [0.29, 0.717) is 0 Å². The molecule has 0 aliphatic carbocycles. The molecule has 0 aromatic rings. The van der Waals surface area contributed by atoms with E-state index >= 15 is 0 Å². The fourth-order valence-electron chi connectivity index (χ4n) is 6.73. The summed E-state index contributed by atoms with van der Waals surface area (Å²) in [5, 5.41) is 3.49. The molecular formula is C40H81NO2. The first-order chi connectivity index (χ1) is 21.4. The minimum atomic E-state index is 0.261. The molecule has 0 amide bonds. The Morgan fingerprint density at radius 2 is 0.535 bits per heavy atom. The predicted octanol–water partition coefficient (Wildman–Crippen LogP) is 12.9. The Bertz CT molecular complexity index is 469. The summed E-state index contributed by atoms with van der Waals surface area (Å²) in [6.45, 7) is 8.34. The van der Waals surface area contributed by atoms with Crippen LogP contribution in [0.15, 0.2) is 0 Å². The van der Waals surface area contributed by atoms with E-state index in [9.17, 15) is 0 Å². The van der Waals surface area contributed by atoms with Crippen LogP contribution in [0, 0.1) is 0 Å². The van der Waals surface area contributed by atoms with Gasteiger partial charge in [0.2, 0.25) is 0 Å². The molecule has 258 valence electrons. The molecule has 1 fully saturated rings. The fourth-order valence-corrected chi connectivity index (χ4v) is 6.73. The number of unbranched alkanes of at least 4 members (excludes halogenated alkanes) is 30. The summed E-state index contributed by atoms with van der Waals surface area (Å²) >= 11 is 0. The molecule has 43 heavy (non-hydrogen) atoms. The van der Waals surface area contributed by atoms with Crippen LogP contribution in [-0.4, -0.2) is 38.5 Å². The zero-order chi connectivity index (χ0) is 30.7. The van der Waals surface area contributed by atoms with Gasteiger partial charge in [-0.1, -0.05) is 206 Å². The molecule has 1 aliphatic heterocycles. The molecule has 0 saturated carbocycles. The van der Waals surface area contributed by atoms with Crippen LogP contribution in [0.2, 0.25) is 0 Å². The molecule has 1 aliphatic rings. The van der Waals surface area contributed by atoms with Gasteiger partial charge in [-0.15, -0.1) is 0 Å². The van der Waals surface area contributed by atoms with E-state index in [1.54, 1.807) is 0 Å². The van der Waals surface area contributed by atoms with Gasteiger partial charge in [0.1, 0.15) is 0 Å². The Kier molecular flexibility index (Phi) is 33.1. The molecule has 3 heteroatoms.